The molecule has 0 saturated heterocycles. The van der Waals surface area contributed by atoms with Crippen LogP contribution in [0, 0.1) is 5.82 Å². The number of hydrogen-bond donors (Lipinski definition) is 1. The summed E-state index contributed by atoms with van der Waals surface area (Å²) in [5.41, 5.74) is 1.20. The monoisotopic (exact) mass is 465 g/mol. The second kappa shape index (κ2) is 8.62. The first kappa shape index (κ1) is 22.2. The Kier molecular flexibility index (Phi) is 5.63. The molecule has 4 aromatic rings. The minimum absolute atomic E-state index is 0.00442. The maximum absolute atomic E-state index is 14.3. The maximum Gasteiger partial charge on any atom is 0.262 e. The number of nitrogens with one attached hydrogen (secondary N) is 1. The van der Waals surface area contributed by atoms with Gasteiger partial charge in [0.25, 0.3) is 5.56 Å². The number of alkyl halides is 1. The van der Waals surface area contributed by atoms with Crippen molar-refractivity contribution in [3.8, 4) is 17.0 Å². The molecule has 176 valence electrons. The highest BCUT2D eigenvalue weighted by molar-refractivity contribution is 5.73. The van der Waals surface area contributed by atoms with Gasteiger partial charge in [-0.1, -0.05) is 6.07 Å². The van der Waals surface area contributed by atoms with E-state index in [0.717, 1.165) is 11.1 Å². The van der Waals surface area contributed by atoms with Gasteiger partial charge in [0.1, 0.15) is 22.7 Å². The van der Waals surface area contributed by atoms with Gasteiger partial charge in [0.15, 0.2) is 5.65 Å². The van der Waals surface area contributed by atoms with Gasteiger partial charge in [0, 0.05) is 24.2 Å². The highest BCUT2D eigenvalue weighted by atomic mass is 19.1. The molecule has 9 heteroatoms. The average molecular weight is 466 g/mol. The SMILES string of the molecule is COc1ccc(-c2cc(F)ccc2Cc2nc3c(cnn3C3CCC(C)(F)CC3)c(=O)[nH]2)cn1. The molecule has 5 rings (SSSR count). The third-order valence-electron chi connectivity index (χ3n) is 6.54. The summed E-state index contributed by atoms with van der Waals surface area (Å²) in [7, 11) is 1.53. The highest BCUT2D eigenvalue weighted by Crippen LogP contribution is 2.37. The number of aromatic nitrogens is 5. The summed E-state index contributed by atoms with van der Waals surface area (Å²) in [6, 6.07) is 8.01. The molecule has 1 N–H and O–H groups in total. The smallest absolute Gasteiger partial charge is 0.262 e. The van der Waals surface area contributed by atoms with Gasteiger partial charge in [-0.05, 0) is 61.9 Å². The number of pyridine rings is 1. The standard InChI is InChI=1S/C25H25F2N5O2/c1-25(27)9-7-18(8-10-25)32-23-20(14-29-32)24(33)31-21(30-23)11-15-3-5-17(26)12-19(15)16-4-6-22(34-2)28-13-16/h3-6,12-14,18H,7-11H2,1-2H3,(H,30,31,33). The minimum atomic E-state index is -1.16. The van der Waals surface area contributed by atoms with Crippen LogP contribution < -0.4 is 10.3 Å². The van der Waals surface area contributed by atoms with Crippen molar-refractivity contribution in [1.82, 2.24) is 24.7 Å². The number of ether oxygens (including phenoxy) is 1. The van der Waals surface area contributed by atoms with Crippen molar-refractivity contribution in [2.45, 2.75) is 50.7 Å². The van der Waals surface area contributed by atoms with E-state index in [9.17, 15) is 13.6 Å². The Bertz CT molecular complexity index is 1380. The fourth-order valence-electron chi connectivity index (χ4n) is 4.59. The second-order valence-electron chi connectivity index (χ2n) is 9.05. The van der Waals surface area contributed by atoms with Crippen LogP contribution in [0.4, 0.5) is 8.78 Å². The molecule has 1 saturated carbocycles. The van der Waals surface area contributed by atoms with Gasteiger partial charge >= 0.3 is 0 Å². The summed E-state index contributed by atoms with van der Waals surface area (Å²) >= 11 is 0. The van der Waals surface area contributed by atoms with Crippen molar-refractivity contribution in [3.05, 3.63) is 70.3 Å². The molecule has 34 heavy (non-hydrogen) atoms. The Morgan fingerprint density at radius 2 is 2.00 bits per heavy atom. The van der Waals surface area contributed by atoms with Crippen LogP contribution in [0.3, 0.4) is 0 Å². The van der Waals surface area contributed by atoms with Crippen LogP contribution in [0.15, 0.2) is 47.5 Å². The fraction of sp³-hybridized carbons (Fsp3) is 0.360. The summed E-state index contributed by atoms with van der Waals surface area (Å²) in [5.74, 6) is 0.531. The Morgan fingerprint density at radius 1 is 1.21 bits per heavy atom. The zero-order chi connectivity index (χ0) is 23.9. The largest absolute Gasteiger partial charge is 0.481 e. The molecule has 1 aromatic carbocycles. The van der Waals surface area contributed by atoms with Gasteiger partial charge < -0.3 is 9.72 Å². The van der Waals surface area contributed by atoms with Crippen LogP contribution in [0.25, 0.3) is 22.2 Å². The zero-order valence-corrected chi connectivity index (χ0v) is 19.0. The molecular formula is C25H25F2N5O2. The second-order valence-corrected chi connectivity index (χ2v) is 9.05. The molecule has 1 aliphatic carbocycles. The lowest BCUT2D eigenvalue weighted by Crippen LogP contribution is -2.28. The van der Waals surface area contributed by atoms with E-state index < -0.39 is 5.67 Å². The third-order valence-corrected chi connectivity index (χ3v) is 6.54. The highest BCUT2D eigenvalue weighted by Gasteiger charge is 2.32. The van der Waals surface area contributed by atoms with Crippen LogP contribution in [-0.4, -0.2) is 37.5 Å². The lowest BCUT2D eigenvalue weighted by molar-refractivity contribution is 0.103. The van der Waals surface area contributed by atoms with Crippen LogP contribution in [-0.2, 0) is 6.42 Å². The van der Waals surface area contributed by atoms with Crippen LogP contribution in [0.1, 0.15) is 50.0 Å². The van der Waals surface area contributed by atoms with E-state index in [1.165, 1.54) is 25.4 Å². The molecule has 3 heterocycles. The van der Waals surface area contributed by atoms with Crippen molar-refractivity contribution in [3.63, 3.8) is 0 Å². The van der Waals surface area contributed by atoms with Crippen LogP contribution in [0.5, 0.6) is 5.88 Å². The molecule has 0 amide bonds. The maximum atomic E-state index is 14.3. The van der Waals surface area contributed by atoms with Gasteiger partial charge in [-0.3, -0.25) is 4.79 Å². The van der Waals surface area contributed by atoms with Crippen molar-refractivity contribution in [2.75, 3.05) is 7.11 Å². The predicted octanol–water partition coefficient (Wildman–Crippen LogP) is 4.76. The van der Waals surface area contributed by atoms with E-state index in [0.29, 0.717) is 54.0 Å². The Hall–Kier alpha value is -3.62. The lowest BCUT2D eigenvalue weighted by atomic mass is 9.85. The van der Waals surface area contributed by atoms with Gasteiger partial charge in [-0.15, -0.1) is 0 Å². The molecule has 0 radical (unpaired) electrons. The summed E-state index contributed by atoms with van der Waals surface area (Å²) in [4.78, 5) is 24.5. The molecule has 0 aliphatic heterocycles. The number of methoxy groups -OCH3 is 1. The molecule has 0 atom stereocenters. The Balaban J connectivity index is 1.50. The molecule has 7 nitrogen and oxygen atoms in total. The molecular weight excluding hydrogens is 440 g/mol. The number of fused-ring (bicyclic) bond motifs is 1. The Labute approximate surface area is 194 Å². The van der Waals surface area contributed by atoms with Crippen molar-refractivity contribution < 1.29 is 13.5 Å². The lowest BCUT2D eigenvalue weighted by Gasteiger charge is -2.31. The van der Waals surface area contributed by atoms with E-state index in [4.69, 9.17) is 9.72 Å². The molecule has 0 bridgehead atoms. The normalized spacial score (nSPS) is 20.5. The minimum Gasteiger partial charge on any atom is -0.481 e. The van der Waals surface area contributed by atoms with E-state index in [2.05, 4.69) is 15.1 Å². The van der Waals surface area contributed by atoms with Gasteiger partial charge in [-0.25, -0.2) is 23.4 Å². The van der Waals surface area contributed by atoms with Gasteiger partial charge in [0.05, 0.1) is 19.3 Å². The number of nitrogens with zero attached hydrogens (tertiary/aromatic N) is 4. The van der Waals surface area contributed by atoms with Gasteiger partial charge in [0.2, 0.25) is 5.88 Å². The average Bonchev–Trinajstić information content (AvgIpc) is 3.25. The van der Waals surface area contributed by atoms with Crippen molar-refractivity contribution in [2.24, 2.45) is 0 Å². The summed E-state index contributed by atoms with van der Waals surface area (Å²) in [6.07, 6.45) is 5.59. The van der Waals surface area contributed by atoms with Crippen LogP contribution >= 0.6 is 0 Å². The van der Waals surface area contributed by atoms with E-state index in [1.54, 1.807) is 36.0 Å². The predicted molar refractivity (Wildman–Crippen MR) is 124 cm³/mol. The van der Waals surface area contributed by atoms with Gasteiger partial charge in [-0.2, -0.15) is 5.10 Å². The quantitative estimate of drug-likeness (QED) is 0.459. The van der Waals surface area contributed by atoms with Crippen molar-refractivity contribution >= 4 is 11.0 Å². The number of benzene rings is 1. The van der Waals surface area contributed by atoms with E-state index in [1.807, 2.05) is 0 Å². The molecule has 1 fully saturated rings. The third kappa shape index (κ3) is 4.30. The first-order valence-corrected chi connectivity index (χ1v) is 11.3. The first-order valence-electron chi connectivity index (χ1n) is 11.3. The molecule has 3 aromatic heterocycles. The molecule has 1 aliphatic rings. The summed E-state index contributed by atoms with van der Waals surface area (Å²) in [5, 5.41) is 4.81. The van der Waals surface area contributed by atoms with E-state index in [-0.39, 0.29) is 23.8 Å². The number of H-pyrrole nitrogens is 1. The zero-order valence-electron chi connectivity index (χ0n) is 19.0. The number of aromatic amines is 1. The fourth-order valence-corrected chi connectivity index (χ4v) is 4.59. The van der Waals surface area contributed by atoms with E-state index >= 15 is 0 Å². The number of rotatable bonds is 5. The topological polar surface area (TPSA) is 85.7 Å². The van der Waals surface area contributed by atoms with Crippen LogP contribution in [0.2, 0.25) is 0 Å². The summed E-state index contributed by atoms with van der Waals surface area (Å²) in [6.45, 7) is 1.63. The number of hydrogen-bond acceptors (Lipinski definition) is 5. The summed E-state index contributed by atoms with van der Waals surface area (Å²) < 4.78 is 35.2. The molecule has 0 unspecified atom stereocenters. The molecule has 0 spiro atoms. The Morgan fingerprint density at radius 3 is 2.71 bits per heavy atom. The van der Waals surface area contributed by atoms with Crippen molar-refractivity contribution in [1.29, 1.82) is 0 Å². The first-order chi connectivity index (χ1) is 16.3. The number of halogens is 2.